The standard InChI is InChI=1S/C11H17NO3Si/c1-16(2,3)7-6-15-11-9(8-13)4-5-10(14)12-11/h4-5,8H,6-7H2,1-3H3,(H,12,14). The zero-order valence-electron chi connectivity index (χ0n) is 9.86. The van der Waals surface area contributed by atoms with Gasteiger partial charge < -0.3 is 9.84 Å². The van der Waals surface area contributed by atoms with Gasteiger partial charge in [-0.15, -0.1) is 0 Å². The van der Waals surface area contributed by atoms with Gasteiger partial charge in [-0.2, -0.15) is 4.98 Å². The van der Waals surface area contributed by atoms with Gasteiger partial charge in [0.1, 0.15) is 0 Å². The first-order valence-corrected chi connectivity index (χ1v) is 8.91. The molecule has 4 nitrogen and oxygen atoms in total. The Labute approximate surface area is 96.3 Å². The van der Waals surface area contributed by atoms with Crippen LogP contribution in [-0.2, 0) is 0 Å². The van der Waals surface area contributed by atoms with Crippen LogP contribution >= 0.6 is 0 Å². The second kappa shape index (κ2) is 5.11. The van der Waals surface area contributed by atoms with E-state index in [2.05, 4.69) is 24.6 Å². The molecule has 0 amide bonds. The number of aldehydes is 1. The summed E-state index contributed by atoms with van der Waals surface area (Å²) in [6, 6.07) is 3.86. The average Bonchev–Trinajstić information content (AvgIpc) is 2.16. The quantitative estimate of drug-likeness (QED) is 0.633. The predicted molar refractivity (Wildman–Crippen MR) is 64.9 cm³/mol. The monoisotopic (exact) mass is 239 g/mol. The normalized spacial score (nSPS) is 11.2. The maximum Gasteiger partial charge on any atom is 0.227 e. The van der Waals surface area contributed by atoms with Crippen LogP contribution in [-0.4, -0.2) is 31.1 Å². The van der Waals surface area contributed by atoms with E-state index >= 15 is 0 Å². The van der Waals surface area contributed by atoms with Crippen LogP contribution in [0.2, 0.25) is 25.7 Å². The van der Waals surface area contributed by atoms with Crippen LogP contribution in [0.25, 0.3) is 0 Å². The molecule has 0 spiro atoms. The molecule has 1 heterocycles. The van der Waals surface area contributed by atoms with E-state index in [-0.39, 0.29) is 11.8 Å². The first-order chi connectivity index (χ1) is 7.42. The zero-order chi connectivity index (χ0) is 12.2. The molecule has 0 unspecified atom stereocenters. The van der Waals surface area contributed by atoms with E-state index in [1.54, 1.807) is 0 Å². The number of rotatable bonds is 5. The van der Waals surface area contributed by atoms with E-state index in [1.807, 2.05) is 0 Å². The molecule has 0 saturated heterocycles. The third-order valence-corrected chi connectivity index (χ3v) is 3.80. The van der Waals surface area contributed by atoms with Crippen molar-refractivity contribution >= 4 is 14.4 Å². The van der Waals surface area contributed by atoms with E-state index < -0.39 is 8.07 Å². The van der Waals surface area contributed by atoms with Crippen LogP contribution in [0.5, 0.6) is 11.8 Å². The third-order valence-electron chi connectivity index (χ3n) is 2.09. The minimum atomic E-state index is -1.16. The first-order valence-electron chi connectivity index (χ1n) is 5.20. The number of hydrogen-bond acceptors (Lipinski definition) is 4. The summed E-state index contributed by atoms with van der Waals surface area (Å²) >= 11 is 0. The highest BCUT2D eigenvalue weighted by atomic mass is 28.3. The number of pyridine rings is 1. The Bertz CT molecular complexity index is 374. The summed E-state index contributed by atoms with van der Waals surface area (Å²) in [6.45, 7) is 7.26. The highest BCUT2D eigenvalue weighted by Crippen LogP contribution is 2.18. The summed E-state index contributed by atoms with van der Waals surface area (Å²) in [5.41, 5.74) is 0.369. The molecule has 0 aliphatic rings. The molecule has 0 aromatic carbocycles. The molecule has 0 fully saturated rings. The maximum absolute atomic E-state index is 10.7. The van der Waals surface area contributed by atoms with Crippen molar-refractivity contribution in [2.24, 2.45) is 0 Å². The van der Waals surface area contributed by atoms with Gasteiger partial charge in [0.15, 0.2) is 6.29 Å². The molecule has 1 aromatic rings. The lowest BCUT2D eigenvalue weighted by Crippen LogP contribution is -2.22. The molecule has 16 heavy (non-hydrogen) atoms. The number of carbonyl (C=O) groups excluding carboxylic acids is 1. The summed E-state index contributed by atoms with van der Waals surface area (Å²) < 4.78 is 5.42. The van der Waals surface area contributed by atoms with Crippen molar-refractivity contribution < 1.29 is 14.6 Å². The van der Waals surface area contributed by atoms with Gasteiger partial charge in [-0.25, -0.2) is 0 Å². The number of hydrogen-bond donors (Lipinski definition) is 1. The summed E-state index contributed by atoms with van der Waals surface area (Å²) in [5, 5.41) is 9.19. The van der Waals surface area contributed by atoms with Crippen molar-refractivity contribution in [3.63, 3.8) is 0 Å². The van der Waals surface area contributed by atoms with Gasteiger partial charge in [0.2, 0.25) is 11.8 Å². The smallest absolute Gasteiger partial charge is 0.227 e. The molecular formula is C11H17NO3Si. The van der Waals surface area contributed by atoms with Crippen molar-refractivity contribution in [2.45, 2.75) is 25.7 Å². The van der Waals surface area contributed by atoms with Crippen LogP contribution in [0.4, 0.5) is 0 Å². The SMILES string of the molecule is C[Si](C)(C)CCOc1nc(O)ccc1C=O. The molecule has 0 bridgehead atoms. The van der Waals surface area contributed by atoms with Crippen LogP contribution in [0.3, 0.4) is 0 Å². The van der Waals surface area contributed by atoms with Crippen LogP contribution < -0.4 is 4.74 Å². The zero-order valence-corrected chi connectivity index (χ0v) is 10.9. The Morgan fingerprint density at radius 2 is 2.12 bits per heavy atom. The second-order valence-electron chi connectivity index (χ2n) is 4.84. The lowest BCUT2D eigenvalue weighted by Gasteiger charge is -2.16. The summed E-state index contributed by atoms with van der Waals surface area (Å²) in [4.78, 5) is 14.5. The fourth-order valence-electron chi connectivity index (χ4n) is 1.10. The third kappa shape index (κ3) is 4.02. The van der Waals surface area contributed by atoms with Gasteiger partial charge in [-0.3, -0.25) is 4.79 Å². The fraction of sp³-hybridized carbons (Fsp3) is 0.455. The maximum atomic E-state index is 10.7. The molecule has 0 aliphatic carbocycles. The van der Waals surface area contributed by atoms with Crippen molar-refractivity contribution in [3.8, 4) is 11.8 Å². The largest absolute Gasteiger partial charge is 0.493 e. The lowest BCUT2D eigenvalue weighted by atomic mass is 10.3. The van der Waals surface area contributed by atoms with Gasteiger partial charge >= 0.3 is 0 Å². The lowest BCUT2D eigenvalue weighted by molar-refractivity contribution is 0.111. The van der Waals surface area contributed by atoms with Gasteiger partial charge in [0, 0.05) is 14.1 Å². The topological polar surface area (TPSA) is 59.4 Å². The van der Waals surface area contributed by atoms with E-state index in [0.29, 0.717) is 18.5 Å². The van der Waals surface area contributed by atoms with E-state index in [0.717, 1.165) is 6.04 Å². The summed E-state index contributed by atoms with van der Waals surface area (Å²) in [7, 11) is -1.16. The molecule has 1 rings (SSSR count). The molecule has 1 N–H and O–H groups in total. The fourth-order valence-corrected chi connectivity index (χ4v) is 1.82. The number of aromatic nitrogens is 1. The molecule has 1 aromatic heterocycles. The Morgan fingerprint density at radius 3 is 2.69 bits per heavy atom. The Hall–Kier alpha value is -1.36. The summed E-state index contributed by atoms with van der Waals surface area (Å²) in [6.07, 6.45) is 0.677. The molecule has 88 valence electrons. The summed E-state index contributed by atoms with van der Waals surface area (Å²) in [5.74, 6) is 0.0850. The van der Waals surface area contributed by atoms with Gasteiger partial charge in [0.05, 0.1) is 12.2 Å². The van der Waals surface area contributed by atoms with Gasteiger partial charge in [-0.05, 0) is 12.1 Å². The van der Waals surface area contributed by atoms with Crippen molar-refractivity contribution in [1.29, 1.82) is 0 Å². The van der Waals surface area contributed by atoms with E-state index in [1.165, 1.54) is 12.1 Å². The minimum Gasteiger partial charge on any atom is -0.493 e. The molecule has 0 aliphatic heterocycles. The average molecular weight is 239 g/mol. The van der Waals surface area contributed by atoms with Crippen molar-refractivity contribution in [2.75, 3.05) is 6.61 Å². The minimum absolute atomic E-state index is 0.131. The van der Waals surface area contributed by atoms with Crippen LogP contribution in [0.1, 0.15) is 10.4 Å². The molecular weight excluding hydrogens is 222 g/mol. The molecule has 0 saturated carbocycles. The van der Waals surface area contributed by atoms with Gasteiger partial charge in [-0.1, -0.05) is 19.6 Å². The predicted octanol–water partition coefficient (Wildman–Crippen LogP) is 2.32. The van der Waals surface area contributed by atoms with Crippen molar-refractivity contribution in [1.82, 2.24) is 4.98 Å². The van der Waals surface area contributed by atoms with Gasteiger partial charge in [0.25, 0.3) is 0 Å². The van der Waals surface area contributed by atoms with Crippen LogP contribution in [0, 0.1) is 0 Å². The Balaban J connectivity index is 2.65. The Morgan fingerprint density at radius 1 is 1.44 bits per heavy atom. The number of aromatic hydroxyl groups is 1. The van der Waals surface area contributed by atoms with Crippen molar-refractivity contribution in [3.05, 3.63) is 17.7 Å². The number of carbonyl (C=O) groups is 1. The molecule has 0 atom stereocenters. The first kappa shape index (κ1) is 12.7. The number of ether oxygens (including phenoxy) is 1. The highest BCUT2D eigenvalue weighted by molar-refractivity contribution is 6.76. The second-order valence-corrected chi connectivity index (χ2v) is 10.5. The molecule has 0 radical (unpaired) electrons. The Kier molecular flexibility index (Phi) is 4.06. The van der Waals surface area contributed by atoms with E-state index in [4.69, 9.17) is 4.74 Å². The highest BCUT2D eigenvalue weighted by Gasteiger charge is 2.14. The molecule has 5 heteroatoms. The number of nitrogens with zero attached hydrogens (tertiary/aromatic N) is 1. The van der Waals surface area contributed by atoms with E-state index in [9.17, 15) is 9.90 Å². The van der Waals surface area contributed by atoms with Crippen LogP contribution in [0.15, 0.2) is 12.1 Å².